The maximum Gasteiger partial charge on any atom is 0.328 e. The van der Waals surface area contributed by atoms with Gasteiger partial charge in [-0.1, -0.05) is 128 Å². The zero-order chi connectivity index (χ0) is 56.9. The van der Waals surface area contributed by atoms with E-state index in [0.717, 1.165) is 45.6 Å². The molecule has 1 heterocycles. The molecule has 0 aromatic rings. The molecule has 8 atom stereocenters. The average Bonchev–Trinajstić information content (AvgIpc) is 3.31. The second-order valence-corrected chi connectivity index (χ2v) is 22.8. The van der Waals surface area contributed by atoms with Crippen molar-refractivity contribution in [1.29, 1.82) is 0 Å². The highest BCUT2D eigenvalue weighted by molar-refractivity contribution is 5.98. The Morgan fingerprint density at radius 1 is 0.453 bits per heavy atom. The number of carbonyl (C=O) groups is 10. The third-order valence-corrected chi connectivity index (χ3v) is 12.8. The van der Waals surface area contributed by atoms with Gasteiger partial charge in [0.1, 0.15) is 48.4 Å². The van der Waals surface area contributed by atoms with Crippen molar-refractivity contribution in [2.75, 3.05) is 14.2 Å². The van der Waals surface area contributed by atoms with Crippen LogP contribution in [0.5, 0.6) is 0 Å². The van der Waals surface area contributed by atoms with E-state index in [1.54, 1.807) is 13.8 Å². The van der Waals surface area contributed by atoms with Gasteiger partial charge in [-0.25, -0.2) is 4.79 Å². The molecule has 75 heavy (non-hydrogen) atoms. The summed E-state index contributed by atoms with van der Waals surface area (Å²) in [7, 11) is 2.30. The van der Waals surface area contributed by atoms with Gasteiger partial charge in [0, 0.05) is 6.42 Å². The number of unbranched alkanes of at least 4 members (excludes halogenated alkanes) is 6. The standard InChI is InChI=1S/C55H97N7O13/c1-32(2)22-20-18-16-15-17-19-21-23-38-30-45(63)56-39(24-25-46(64)73-13)49(66)57-40(26-33(3)4)50(67)59-42(28-35(7)8)53(70)62-48(37(11)12)54(71)60-43(31-47(65)74-14)52(69)58-41(27-34(5)6)51(68)61-44(29-36(9)10)55(72)75-38/h32-44,48H,15-31H2,1-14H3,(H,56,63)(H,57,66)(H,58,69)(H,59,67)(H,60,71)(H,61,68)(H,62,70)/t38?,39?,40?,41-,42-,43+,44?,48?/m1/s1. The number of nitrogens with one attached hydrogen (secondary N) is 7. The average molecular weight is 1060 g/mol. The second-order valence-electron chi connectivity index (χ2n) is 22.8. The predicted molar refractivity (Wildman–Crippen MR) is 285 cm³/mol. The first-order chi connectivity index (χ1) is 35.2. The molecular formula is C55H97N7O13. The van der Waals surface area contributed by atoms with E-state index in [1.807, 2.05) is 55.4 Å². The zero-order valence-corrected chi connectivity index (χ0v) is 47.9. The van der Waals surface area contributed by atoms with Gasteiger partial charge < -0.3 is 51.4 Å². The molecule has 1 aliphatic heterocycles. The van der Waals surface area contributed by atoms with Gasteiger partial charge in [0.25, 0.3) is 0 Å². The largest absolute Gasteiger partial charge is 0.469 e. The van der Waals surface area contributed by atoms with Crippen molar-refractivity contribution in [2.45, 2.75) is 241 Å². The summed E-state index contributed by atoms with van der Waals surface area (Å²) >= 11 is 0. The van der Waals surface area contributed by atoms with Crippen LogP contribution in [-0.4, -0.2) is 122 Å². The van der Waals surface area contributed by atoms with Crippen molar-refractivity contribution in [3.8, 4) is 0 Å². The first-order valence-electron chi connectivity index (χ1n) is 27.6. The minimum Gasteiger partial charge on any atom is -0.469 e. The highest BCUT2D eigenvalue weighted by Crippen LogP contribution is 2.19. The Labute approximate surface area is 447 Å². The highest BCUT2D eigenvalue weighted by Gasteiger charge is 2.37. The van der Waals surface area contributed by atoms with Crippen LogP contribution in [-0.2, 0) is 62.2 Å². The van der Waals surface area contributed by atoms with Crippen molar-refractivity contribution in [2.24, 2.45) is 35.5 Å². The number of methoxy groups -OCH3 is 2. The fourth-order valence-electron chi connectivity index (χ4n) is 8.74. The lowest BCUT2D eigenvalue weighted by atomic mass is 9.98. The Kier molecular flexibility index (Phi) is 32.4. The number of hydrogen-bond acceptors (Lipinski definition) is 13. The van der Waals surface area contributed by atoms with Crippen LogP contribution in [0.2, 0.25) is 0 Å². The molecule has 1 fully saturated rings. The lowest BCUT2D eigenvalue weighted by Gasteiger charge is -2.29. The molecule has 0 aromatic heterocycles. The number of carbonyl (C=O) groups excluding carboxylic acids is 10. The van der Waals surface area contributed by atoms with E-state index in [-0.39, 0.29) is 75.0 Å². The zero-order valence-electron chi connectivity index (χ0n) is 47.9. The molecule has 0 bridgehead atoms. The lowest BCUT2D eigenvalue weighted by molar-refractivity contribution is -0.155. The lowest BCUT2D eigenvalue weighted by Crippen LogP contribution is -2.61. The van der Waals surface area contributed by atoms with E-state index in [0.29, 0.717) is 12.3 Å². The van der Waals surface area contributed by atoms with Gasteiger partial charge >= 0.3 is 17.9 Å². The molecule has 5 unspecified atom stereocenters. The summed E-state index contributed by atoms with van der Waals surface area (Å²) < 4.78 is 15.8. The SMILES string of the molecule is COC(=O)CCC1NC(=O)CC(CCCCCCCCCC(C)C)OC(=O)C(CC(C)C)NC(=O)[C@@H](CC(C)C)NC(=O)[C@H](CC(=O)OC)NC(=O)C(C(C)C)NC(=O)[C@@H](CC(C)C)NC(=O)C(CC(C)C)NC1=O. The Morgan fingerprint density at radius 2 is 0.853 bits per heavy atom. The molecule has 430 valence electrons. The molecule has 1 aliphatic rings. The van der Waals surface area contributed by atoms with Crippen LogP contribution in [0.25, 0.3) is 0 Å². The Hall–Kier alpha value is -5.30. The normalized spacial score (nSPS) is 23.6. The molecule has 20 heteroatoms. The molecular weight excluding hydrogens is 967 g/mol. The molecule has 0 aromatic carbocycles. The van der Waals surface area contributed by atoms with Crippen molar-refractivity contribution < 1.29 is 62.2 Å². The first-order valence-corrected chi connectivity index (χ1v) is 27.6. The van der Waals surface area contributed by atoms with Crippen molar-refractivity contribution in [3.05, 3.63) is 0 Å². The van der Waals surface area contributed by atoms with Crippen LogP contribution >= 0.6 is 0 Å². The van der Waals surface area contributed by atoms with E-state index in [4.69, 9.17) is 14.2 Å². The number of ether oxygens (including phenoxy) is 3. The van der Waals surface area contributed by atoms with E-state index in [2.05, 4.69) is 51.1 Å². The second kappa shape index (κ2) is 35.9. The molecule has 1 rings (SSSR count). The minimum atomic E-state index is -1.59. The molecule has 0 radical (unpaired) electrons. The van der Waals surface area contributed by atoms with Crippen LogP contribution < -0.4 is 37.2 Å². The Bertz CT molecular complexity index is 1840. The van der Waals surface area contributed by atoms with Crippen molar-refractivity contribution in [1.82, 2.24) is 37.2 Å². The van der Waals surface area contributed by atoms with Crippen molar-refractivity contribution >= 4 is 59.3 Å². The van der Waals surface area contributed by atoms with E-state index >= 15 is 0 Å². The number of esters is 3. The molecule has 7 N–H and O–H groups in total. The molecule has 0 saturated carbocycles. The summed E-state index contributed by atoms with van der Waals surface area (Å²) in [5.74, 6) is -8.34. The summed E-state index contributed by atoms with van der Waals surface area (Å²) in [6, 6.07) is -9.21. The smallest absolute Gasteiger partial charge is 0.328 e. The topological polar surface area (TPSA) is 283 Å². The van der Waals surface area contributed by atoms with E-state index < -0.39 is 120 Å². The monoisotopic (exact) mass is 1060 g/mol. The van der Waals surface area contributed by atoms with Gasteiger partial charge in [-0.05, 0) is 80.5 Å². The molecule has 0 spiro atoms. The van der Waals surface area contributed by atoms with E-state index in [9.17, 15) is 47.9 Å². The van der Waals surface area contributed by atoms with Gasteiger partial charge in [0.05, 0.1) is 27.1 Å². The maximum atomic E-state index is 14.3. The van der Waals surface area contributed by atoms with Gasteiger partial charge in [-0.3, -0.25) is 43.2 Å². The predicted octanol–water partition coefficient (Wildman–Crippen LogP) is 5.22. The summed E-state index contributed by atoms with van der Waals surface area (Å²) in [6.45, 7) is 22.4. The van der Waals surface area contributed by atoms with Gasteiger partial charge in [0.2, 0.25) is 41.4 Å². The fourth-order valence-corrected chi connectivity index (χ4v) is 8.74. The number of cyclic esters (lactones) is 1. The van der Waals surface area contributed by atoms with Gasteiger partial charge in [-0.2, -0.15) is 0 Å². The molecule has 0 aliphatic carbocycles. The van der Waals surface area contributed by atoms with Crippen LogP contribution in [0.1, 0.15) is 192 Å². The third kappa shape index (κ3) is 28.4. The number of amides is 7. The number of rotatable bonds is 24. The maximum absolute atomic E-state index is 14.3. The van der Waals surface area contributed by atoms with Crippen LogP contribution in [0, 0.1) is 35.5 Å². The summed E-state index contributed by atoms with van der Waals surface area (Å²) in [6.07, 6.45) is 6.05. The van der Waals surface area contributed by atoms with Crippen LogP contribution in [0.3, 0.4) is 0 Å². The first kappa shape index (κ1) is 67.7. The summed E-state index contributed by atoms with van der Waals surface area (Å²) in [4.78, 5) is 139. The highest BCUT2D eigenvalue weighted by atomic mass is 16.5. The number of hydrogen-bond donors (Lipinski definition) is 7. The van der Waals surface area contributed by atoms with Crippen LogP contribution in [0.15, 0.2) is 0 Å². The summed E-state index contributed by atoms with van der Waals surface area (Å²) in [5, 5.41) is 18.9. The van der Waals surface area contributed by atoms with Crippen LogP contribution in [0.4, 0.5) is 0 Å². The van der Waals surface area contributed by atoms with Crippen molar-refractivity contribution in [3.63, 3.8) is 0 Å². The fraction of sp³-hybridized carbons (Fsp3) is 0.818. The third-order valence-electron chi connectivity index (χ3n) is 12.8. The minimum absolute atomic E-state index is 0.0802. The molecule has 7 amide bonds. The Morgan fingerprint density at radius 3 is 1.31 bits per heavy atom. The van der Waals surface area contributed by atoms with E-state index in [1.165, 1.54) is 13.5 Å². The molecule has 1 saturated heterocycles. The quantitative estimate of drug-likeness (QED) is 0.0372. The summed E-state index contributed by atoms with van der Waals surface area (Å²) in [5.41, 5.74) is 0. The van der Waals surface area contributed by atoms with Gasteiger partial charge in [0.15, 0.2) is 0 Å². The molecule has 20 nitrogen and oxygen atoms in total. The van der Waals surface area contributed by atoms with Gasteiger partial charge in [-0.15, -0.1) is 0 Å². The Balaban J connectivity index is 4.01.